The third kappa shape index (κ3) is 5.34. The van der Waals surface area contributed by atoms with E-state index in [0.717, 1.165) is 53.6 Å². The monoisotopic (exact) mass is 576 g/mol. The van der Waals surface area contributed by atoms with Gasteiger partial charge in [0.2, 0.25) is 0 Å². The predicted molar refractivity (Wildman–Crippen MR) is 167 cm³/mol. The fourth-order valence-electron chi connectivity index (χ4n) is 6.83. The molecule has 5 aromatic rings. The third-order valence-electron chi connectivity index (χ3n) is 9.05. The molecule has 2 aliphatic rings. The van der Waals surface area contributed by atoms with Crippen molar-refractivity contribution in [3.8, 4) is 11.1 Å². The highest BCUT2D eigenvalue weighted by molar-refractivity contribution is 6.11. The Morgan fingerprint density at radius 1 is 0.860 bits per heavy atom. The third-order valence-corrected chi connectivity index (χ3v) is 9.05. The van der Waals surface area contributed by atoms with E-state index in [1.54, 1.807) is 0 Å². The number of carbonyl (C=O) groups is 1. The van der Waals surface area contributed by atoms with E-state index in [2.05, 4.69) is 4.90 Å². The van der Waals surface area contributed by atoms with Crippen LogP contribution in [0.25, 0.3) is 33.1 Å². The van der Waals surface area contributed by atoms with Gasteiger partial charge in [-0.05, 0) is 69.0 Å². The number of carbonyl (C=O) groups excluding carboxylic acids is 1. The molecule has 7 nitrogen and oxygen atoms in total. The molecule has 0 aliphatic carbocycles. The molecule has 0 N–H and O–H groups in total. The molecule has 2 aromatic heterocycles. The Morgan fingerprint density at radius 3 is 2.28 bits per heavy atom. The number of piperidine rings is 2. The molecule has 1 unspecified atom stereocenters. The Hall–Kier alpha value is -4.36. The molecule has 1 atom stereocenters. The molecule has 3 aromatic carbocycles. The summed E-state index contributed by atoms with van der Waals surface area (Å²) in [6.45, 7) is 5.56. The lowest BCUT2D eigenvalue weighted by molar-refractivity contribution is 0.0470. The number of furan rings is 1. The van der Waals surface area contributed by atoms with E-state index in [1.807, 2.05) is 84.6 Å². The average Bonchev–Trinajstić information content (AvgIpc) is 3.45. The van der Waals surface area contributed by atoms with Gasteiger partial charge in [0, 0.05) is 41.7 Å². The van der Waals surface area contributed by atoms with Crippen LogP contribution < -0.4 is 5.63 Å². The van der Waals surface area contributed by atoms with Crippen LogP contribution in [0.4, 0.5) is 4.79 Å². The van der Waals surface area contributed by atoms with Gasteiger partial charge in [0.05, 0.1) is 5.39 Å². The molecule has 2 saturated heterocycles. The Labute approximate surface area is 250 Å². The lowest BCUT2D eigenvalue weighted by atomic mass is 9.95. The first kappa shape index (κ1) is 27.5. The van der Waals surface area contributed by atoms with E-state index in [-0.39, 0.29) is 6.09 Å². The fraction of sp³-hybridized carbons (Fsp3) is 0.333. The molecule has 43 heavy (non-hydrogen) atoms. The Kier molecular flexibility index (Phi) is 7.49. The average molecular weight is 577 g/mol. The molecular formula is C36H36N2O5. The van der Waals surface area contributed by atoms with Gasteiger partial charge in [-0.25, -0.2) is 9.59 Å². The van der Waals surface area contributed by atoms with Gasteiger partial charge < -0.3 is 23.4 Å². The number of hydrogen-bond donors (Lipinski definition) is 0. The van der Waals surface area contributed by atoms with Crippen LogP contribution in [-0.2, 0) is 4.74 Å². The fourth-order valence-corrected chi connectivity index (χ4v) is 6.83. The van der Waals surface area contributed by atoms with Crippen molar-refractivity contribution < 1.29 is 18.4 Å². The lowest BCUT2D eigenvalue weighted by Gasteiger charge is -2.40. The van der Waals surface area contributed by atoms with Gasteiger partial charge in [0.1, 0.15) is 11.2 Å². The molecule has 7 heteroatoms. The van der Waals surface area contributed by atoms with Gasteiger partial charge in [-0.1, -0.05) is 67.1 Å². The SMILES string of the molecule is Cc1cc(=O)oc2c1ccc1oc(C(OC(=O)N3CCC(N4CCCCC4)CC3)c3ccccc3)c(-c3ccccc3)c12. The first-order valence-electron chi connectivity index (χ1n) is 15.4. The first-order valence-corrected chi connectivity index (χ1v) is 15.4. The van der Waals surface area contributed by atoms with Crippen molar-refractivity contribution in [3.63, 3.8) is 0 Å². The minimum Gasteiger partial charge on any atom is -0.456 e. The van der Waals surface area contributed by atoms with Crippen LogP contribution >= 0.6 is 0 Å². The molecule has 220 valence electrons. The minimum absolute atomic E-state index is 0.349. The summed E-state index contributed by atoms with van der Waals surface area (Å²) in [6, 6.07) is 25.4. The summed E-state index contributed by atoms with van der Waals surface area (Å²) in [5.74, 6) is 0.501. The molecule has 0 saturated carbocycles. The number of amides is 1. The van der Waals surface area contributed by atoms with Gasteiger partial charge in [-0.15, -0.1) is 0 Å². The molecule has 0 bridgehead atoms. The summed E-state index contributed by atoms with van der Waals surface area (Å²) in [5, 5.41) is 1.53. The molecule has 7 rings (SSSR count). The van der Waals surface area contributed by atoms with Crippen molar-refractivity contribution in [1.82, 2.24) is 9.80 Å². The minimum atomic E-state index is -0.803. The maximum Gasteiger partial charge on any atom is 0.410 e. The van der Waals surface area contributed by atoms with E-state index in [4.69, 9.17) is 13.6 Å². The van der Waals surface area contributed by atoms with Crippen LogP contribution in [-0.4, -0.2) is 48.1 Å². The summed E-state index contributed by atoms with van der Waals surface area (Å²) in [4.78, 5) is 30.8. The first-order chi connectivity index (χ1) is 21.1. The summed E-state index contributed by atoms with van der Waals surface area (Å²) >= 11 is 0. The summed E-state index contributed by atoms with van der Waals surface area (Å²) < 4.78 is 18.8. The van der Waals surface area contributed by atoms with Crippen LogP contribution in [0.2, 0.25) is 0 Å². The Bertz CT molecular complexity index is 1800. The number of ether oxygens (including phenoxy) is 1. The van der Waals surface area contributed by atoms with Gasteiger partial charge >= 0.3 is 11.7 Å². The maximum atomic E-state index is 13.8. The van der Waals surface area contributed by atoms with E-state index in [1.165, 1.54) is 25.3 Å². The van der Waals surface area contributed by atoms with E-state index in [0.29, 0.717) is 41.4 Å². The number of rotatable bonds is 5. The second-order valence-corrected chi connectivity index (χ2v) is 11.8. The summed E-state index contributed by atoms with van der Waals surface area (Å²) in [7, 11) is 0. The summed E-state index contributed by atoms with van der Waals surface area (Å²) in [5.41, 5.74) is 3.88. The topological polar surface area (TPSA) is 76.1 Å². The van der Waals surface area contributed by atoms with Crippen molar-refractivity contribution in [1.29, 1.82) is 0 Å². The second-order valence-electron chi connectivity index (χ2n) is 11.8. The van der Waals surface area contributed by atoms with Crippen molar-refractivity contribution >= 4 is 28.0 Å². The number of nitrogens with zero attached hydrogens (tertiary/aromatic N) is 2. The van der Waals surface area contributed by atoms with Crippen molar-refractivity contribution in [2.75, 3.05) is 26.2 Å². The number of aryl methyl sites for hydroxylation is 1. The molecule has 1 amide bonds. The lowest BCUT2D eigenvalue weighted by Crippen LogP contribution is -2.48. The highest BCUT2D eigenvalue weighted by atomic mass is 16.6. The van der Waals surface area contributed by atoms with E-state index in [9.17, 15) is 9.59 Å². The van der Waals surface area contributed by atoms with Crippen molar-refractivity contribution in [2.24, 2.45) is 0 Å². The molecule has 4 heterocycles. The number of fused-ring (bicyclic) bond motifs is 3. The number of benzene rings is 3. The maximum absolute atomic E-state index is 13.8. The van der Waals surface area contributed by atoms with Crippen LogP contribution in [0, 0.1) is 6.92 Å². The predicted octanol–water partition coefficient (Wildman–Crippen LogP) is 7.69. The Morgan fingerprint density at radius 2 is 1.56 bits per heavy atom. The van der Waals surface area contributed by atoms with Crippen LogP contribution in [0.3, 0.4) is 0 Å². The van der Waals surface area contributed by atoms with Crippen LogP contribution in [0.5, 0.6) is 0 Å². The molecule has 0 spiro atoms. The van der Waals surface area contributed by atoms with E-state index >= 15 is 0 Å². The zero-order valence-corrected chi connectivity index (χ0v) is 24.5. The van der Waals surface area contributed by atoms with Crippen LogP contribution in [0.1, 0.15) is 55.1 Å². The Balaban J connectivity index is 1.30. The summed E-state index contributed by atoms with van der Waals surface area (Å²) in [6.07, 6.45) is 4.60. The standard InChI is InChI=1S/C36H36N2O5/c1-24-23-30(39)42-34-28(24)15-16-29-32(34)31(25-11-5-2-6-12-25)35(41-29)33(26-13-7-3-8-14-26)43-36(40)38-21-17-27(18-22-38)37-19-9-4-10-20-37/h2-3,5-8,11-16,23,27,33H,4,9-10,17-22H2,1H3. The normalized spacial score (nSPS) is 17.4. The van der Waals surface area contributed by atoms with Gasteiger partial charge in [0.15, 0.2) is 11.9 Å². The number of hydrogen-bond acceptors (Lipinski definition) is 6. The zero-order chi connectivity index (χ0) is 29.3. The highest BCUT2D eigenvalue weighted by Gasteiger charge is 2.33. The molecule has 2 fully saturated rings. The van der Waals surface area contributed by atoms with Crippen molar-refractivity contribution in [2.45, 2.75) is 51.2 Å². The quantitative estimate of drug-likeness (QED) is 0.200. The smallest absolute Gasteiger partial charge is 0.410 e. The highest BCUT2D eigenvalue weighted by Crippen LogP contribution is 2.44. The van der Waals surface area contributed by atoms with Crippen molar-refractivity contribution in [3.05, 3.63) is 106 Å². The molecular weight excluding hydrogens is 540 g/mol. The van der Waals surface area contributed by atoms with Gasteiger partial charge in [0.25, 0.3) is 0 Å². The molecule has 0 radical (unpaired) electrons. The van der Waals surface area contributed by atoms with Crippen LogP contribution in [0.15, 0.2) is 92.5 Å². The largest absolute Gasteiger partial charge is 0.456 e. The van der Waals surface area contributed by atoms with Gasteiger partial charge in [-0.3, -0.25) is 0 Å². The van der Waals surface area contributed by atoms with E-state index < -0.39 is 11.7 Å². The zero-order valence-electron chi connectivity index (χ0n) is 24.5. The van der Waals surface area contributed by atoms with Gasteiger partial charge in [-0.2, -0.15) is 0 Å². The second kappa shape index (κ2) is 11.7. The number of likely N-dealkylation sites (tertiary alicyclic amines) is 2. The molecule has 2 aliphatic heterocycles.